The van der Waals surface area contributed by atoms with E-state index in [0.29, 0.717) is 42.5 Å². The molecule has 2 aliphatic heterocycles. The van der Waals surface area contributed by atoms with Gasteiger partial charge in [0.1, 0.15) is 12.7 Å². The number of likely N-dealkylation sites (tertiary alicyclic amines) is 1. The fourth-order valence-electron chi connectivity index (χ4n) is 3.59. The van der Waals surface area contributed by atoms with Crippen molar-refractivity contribution in [3.05, 3.63) is 35.9 Å². The van der Waals surface area contributed by atoms with Gasteiger partial charge in [0.05, 0.1) is 29.0 Å². The van der Waals surface area contributed by atoms with E-state index in [-0.39, 0.29) is 17.7 Å². The molecule has 9 heteroatoms. The first-order valence-corrected chi connectivity index (χ1v) is 8.95. The zero-order valence-corrected chi connectivity index (χ0v) is 14.9. The number of aliphatic hydroxyl groups is 1. The van der Waals surface area contributed by atoms with Crippen LogP contribution in [-0.2, 0) is 4.74 Å². The van der Waals surface area contributed by atoms with Crippen LogP contribution < -0.4 is 5.32 Å². The second kappa shape index (κ2) is 6.86. The lowest BCUT2D eigenvalue weighted by Crippen LogP contribution is -2.47. The number of hydrogen-bond donors (Lipinski definition) is 2. The average molecular weight is 378 g/mol. The first kappa shape index (κ1) is 17.3. The summed E-state index contributed by atoms with van der Waals surface area (Å²) in [6.07, 6.45) is 4.74. The van der Waals surface area contributed by atoms with Gasteiger partial charge in [-0.05, 0) is 31.0 Å². The molecule has 2 fully saturated rings. The third-order valence-corrected chi connectivity index (χ3v) is 5.32. The number of ether oxygens (including phenoxy) is 1. The number of nitrogens with one attached hydrogen (secondary N) is 1. The Balaban J connectivity index is 1.37. The number of aromatic nitrogens is 3. The summed E-state index contributed by atoms with van der Waals surface area (Å²) in [5.74, 6) is 0. The minimum absolute atomic E-state index is 0.164. The summed E-state index contributed by atoms with van der Waals surface area (Å²) in [4.78, 5) is 18.2. The van der Waals surface area contributed by atoms with Crippen molar-refractivity contribution in [2.45, 2.75) is 31.0 Å². The summed E-state index contributed by atoms with van der Waals surface area (Å²) in [5, 5.41) is 17.1. The van der Waals surface area contributed by atoms with Gasteiger partial charge in [-0.25, -0.2) is 14.5 Å². The zero-order valence-electron chi connectivity index (χ0n) is 14.1. The lowest BCUT2D eigenvalue weighted by Gasteiger charge is -2.38. The number of anilines is 1. The van der Waals surface area contributed by atoms with Crippen molar-refractivity contribution in [3.63, 3.8) is 0 Å². The highest BCUT2D eigenvalue weighted by molar-refractivity contribution is 6.32. The van der Waals surface area contributed by atoms with Crippen LogP contribution in [0.5, 0.6) is 0 Å². The molecule has 8 nitrogen and oxygen atoms in total. The Morgan fingerprint density at radius 1 is 1.38 bits per heavy atom. The first-order valence-electron chi connectivity index (χ1n) is 8.57. The van der Waals surface area contributed by atoms with E-state index in [1.165, 1.54) is 6.33 Å². The van der Waals surface area contributed by atoms with Crippen molar-refractivity contribution in [3.8, 4) is 5.69 Å². The van der Waals surface area contributed by atoms with Crippen LogP contribution in [0.3, 0.4) is 0 Å². The van der Waals surface area contributed by atoms with Crippen LogP contribution in [0.25, 0.3) is 5.69 Å². The van der Waals surface area contributed by atoms with E-state index < -0.39 is 0 Å². The Labute approximate surface area is 155 Å². The number of aliphatic hydroxyl groups excluding tert-OH is 1. The molecule has 2 saturated heterocycles. The SMILES string of the molecule is O=C(Nc1ccc(-n2cncn2)c(Cl)c1)N1CCC2(CC1)C[C@H](O)CO2. The van der Waals surface area contributed by atoms with E-state index >= 15 is 0 Å². The summed E-state index contributed by atoms with van der Waals surface area (Å²) in [6, 6.07) is 5.09. The summed E-state index contributed by atoms with van der Waals surface area (Å²) in [6.45, 7) is 1.59. The van der Waals surface area contributed by atoms with E-state index in [1.54, 1.807) is 34.1 Å². The Bertz CT molecular complexity index is 790. The summed E-state index contributed by atoms with van der Waals surface area (Å²) in [7, 11) is 0. The maximum Gasteiger partial charge on any atom is 0.321 e. The molecule has 2 N–H and O–H groups in total. The van der Waals surface area contributed by atoms with Crippen LogP contribution in [0.4, 0.5) is 10.5 Å². The number of urea groups is 1. The molecular formula is C17H20ClN5O3. The van der Waals surface area contributed by atoms with E-state index in [9.17, 15) is 9.90 Å². The number of rotatable bonds is 2. The Hall–Kier alpha value is -2.16. The molecule has 1 aromatic carbocycles. The normalized spacial score (nSPS) is 21.9. The van der Waals surface area contributed by atoms with Crippen molar-refractivity contribution >= 4 is 23.3 Å². The molecule has 2 aliphatic rings. The van der Waals surface area contributed by atoms with Crippen molar-refractivity contribution in [1.29, 1.82) is 0 Å². The number of carbonyl (C=O) groups excluding carboxylic acids is 1. The van der Waals surface area contributed by atoms with Gasteiger partial charge in [-0.15, -0.1) is 0 Å². The molecule has 1 spiro atoms. The first-order chi connectivity index (χ1) is 12.5. The predicted molar refractivity (Wildman–Crippen MR) is 95.5 cm³/mol. The molecule has 0 bridgehead atoms. The van der Waals surface area contributed by atoms with Gasteiger partial charge in [0.15, 0.2) is 0 Å². The van der Waals surface area contributed by atoms with Gasteiger partial charge in [0.2, 0.25) is 0 Å². The standard InChI is InChI=1S/C17H20ClN5O3/c18-14-7-12(1-2-15(14)23-11-19-10-20-23)21-16(25)22-5-3-17(4-6-22)8-13(24)9-26-17/h1-2,7,10-11,13,24H,3-6,8-9H2,(H,21,25)/t13-/m0/s1. The topological polar surface area (TPSA) is 92.5 Å². The Kier molecular flexibility index (Phi) is 4.56. The highest BCUT2D eigenvalue weighted by Crippen LogP contribution is 2.36. The molecule has 1 atom stereocenters. The van der Waals surface area contributed by atoms with Gasteiger partial charge in [0.25, 0.3) is 0 Å². The van der Waals surface area contributed by atoms with Gasteiger partial charge >= 0.3 is 6.03 Å². The van der Waals surface area contributed by atoms with E-state index in [4.69, 9.17) is 16.3 Å². The maximum absolute atomic E-state index is 12.5. The second-order valence-electron chi connectivity index (χ2n) is 6.78. The lowest BCUT2D eigenvalue weighted by atomic mass is 9.88. The number of nitrogens with zero attached hydrogens (tertiary/aromatic N) is 4. The maximum atomic E-state index is 12.5. The second-order valence-corrected chi connectivity index (χ2v) is 7.18. The number of halogens is 1. The molecule has 0 saturated carbocycles. The van der Waals surface area contributed by atoms with Crippen LogP contribution >= 0.6 is 11.6 Å². The van der Waals surface area contributed by atoms with E-state index in [1.807, 2.05) is 0 Å². The molecule has 26 heavy (non-hydrogen) atoms. The van der Waals surface area contributed by atoms with E-state index in [2.05, 4.69) is 15.4 Å². The minimum Gasteiger partial charge on any atom is -0.391 e. The molecule has 1 aromatic heterocycles. The number of piperidine rings is 1. The summed E-state index contributed by atoms with van der Waals surface area (Å²) >= 11 is 6.29. The third kappa shape index (κ3) is 3.40. The number of carbonyl (C=O) groups is 1. The number of amides is 2. The van der Waals surface area contributed by atoms with Crippen molar-refractivity contribution < 1.29 is 14.6 Å². The smallest absolute Gasteiger partial charge is 0.321 e. The van der Waals surface area contributed by atoms with Crippen LogP contribution in [0.1, 0.15) is 19.3 Å². The van der Waals surface area contributed by atoms with Gasteiger partial charge in [-0.3, -0.25) is 0 Å². The highest BCUT2D eigenvalue weighted by atomic mass is 35.5. The zero-order chi connectivity index (χ0) is 18.1. The molecular weight excluding hydrogens is 358 g/mol. The van der Waals surface area contributed by atoms with Crippen molar-refractivity contribution in [1.82, 2.24) is 19.7 Å². The molecule has 0 aliphatic carbocycles. The van der Waals surface area contributed by atoms with Gasteiger partial charge in [-0.1, -0.05) is 11.6 Å². The highest BCUT2D eigenvalue weighted by Gasteiger charge is 2.42. The summed E-state index contributed by atoms with van der Waals surface area (Å²) in [5.41, 5.74) is 1.05. The average Bonchev–Trinajstić information content (AvgIpc) is 3.26. The van der Waals surface area contributed by atoms with Crippen LogP contribution in [0.2, 0.25) is 5.02 Å². The van der Waals surface area contributed by atoms with Crippen LogP contribution in [0, 0.1) is 0 Å². The van der Waals surface area contributed by atoms with E-state index in [0.717, 1.165) is 12.8 Å². The van der Waals surface area contributed by atoms with Crippen LogP contribution in [-0.4, -0.2) is 62.2 Å². The molecule has 4 rings (SSSR count). The minimum atomic E-state index is -0.388. The molecule has 2 aromatic rings. The van der Waals surface area contributed by atoms with Crippen LogP contribution in [0.15, 0.2) is 30.9 Å². The predicted octanol–water partition coefficient (Wildman–Crippen LogP) is 2.07. The fourth-order valence-corrected chi connectivity index (χ4v) is 3.86. The fraction of sp³-hybridized carbons (Fsp3) is 0.471. The van der Waals surface area contributed by atoms with Gasteiger partial charge in [0, 0.05) is 25.2 Å². The molecule has 138 valence electrons. The number of hydrogen-bond acceptors (Lipinski definition) is 5. The Morgan fingerprint density at radius 2 is 2.19 bits per heavy atom. The monoisotopic (exact) mass is 377 g/mol. The molecule has 0 unspecified atom stereocenters. The van der Waals surface area contributed by atoms with Crippen molar-refractivity contribution in [2.24, 2.45) is 0 Å². The largest absolute Gasteiger partial charge is 0.391 e. The summed E-state index contributed by atoms with van der Waals surface area (Å²) < 4.78 is 7.33. The Morgan fingerprint density at radius 3 is 2.81 bits per heavy atom. The molecule has 0 radical (unpaired) electrons. The third-order valence-electron chi connectivity index (χ3n) is 5.02. The van der Waals surface area contributed by atoms with Crippen molar-refractivity contribution in [2.75, 3.05) is 25.0 Å². The van der Waals surface area contributed by atoms with Gasteiger partial charge < -0.3 is 20.1 Å². The molecule has 3 heterocycles. The number of benzene rings is 1. The quantitative estimate of drug-likeness (QED) is 0.835. The van der Waals surface area contributed by atoms with Gasteiger partial charge in [-0.2, -0.15) is 5.10 Å². The molecule has 2 amide bonds. The lowest BCUT2D eigenvalue weighted by molar-refractivity contribution is -0.0365.